The number of likely N-dealkylation sites (tertiary alicyclic amines) is 1. The molecule has 2 heterocycles. The van der Waals surface area contributed by atoms with Crippen LogP contribution in [0, 0.1) is 0 Å². The predicted molar refractivity (Wildman–Crippen MR) is 101 cm³/mol. The van der Waals surface area contributed by atoms with Crippen LogP contribution < -0.4 is 10.6 Å². The number of aromatic nitrogens is 1. The third-order valence-corrected chi connectivity index (χ3v) is 4.37. The van der Waals surface area contributed by atoms with Gasteiger partial charge in [0.1, 0.15) is 5.15 Å². The molecule has 0 bridgehead atoms. The summed E-state index contributed by atoms with van der Waals surface area (Å²) in [5.41, 5.74) is 8.56. The van der Waals surface area contributed by atoms with Gasteiger partial charge in [0, 0.05) is 24.0 Å². The molecule has 1 aromatic rings. The van der Waals surface area contributed by atoms with Gasteiger partial charge < -0.3 is 20.3 Å². The Bertz CT molecular complexity index is 719. The van der Waals surface area contributed by atoms with E-state index in [2.05, 4.69) is 25.6 Å². The number of anilines is 1. The molecule has 1 aromatic heterocycles. The summed E-state index contributed by atoms with van der Waals surface area (Å²) in [5.74, 6) is -0.249. The highest BCUT2D eigenvalue weighted by Crippen LogP contribution is 2.21. The maximum absolute atomic E-state index is 12.0. The maximum Gasteiger partial charge on any atom is 0.409 e. The van der Waals surface area contributed by atoms with E-state index in [1.165, 1.54) is 6.07 Å². The van der Waals surface area contributed by atoms with Crippen molar-refractivity contribution in [1.29, 1.82) is 0 Å². The van der Waals surface area contributed by atoms with Crippen LogP contribution in [0.25, 0.3) is 10.4 Å². The molecule has 0 atom stereocenters. The first-order chi connectivity index (χ1) is 13.0. The average Bonchev–Trinajstić information content (AvgIpc) is 2.66. The Balaban J connectivity index is 1.67. The summed E-state index contributed by atoms with van der Waals surface area (Å²) in [6.45, 7) is 1.32. The lowest BCUT2D eigenvalue weighted by atomic mass is 10.1. The molecule has 146 valence electrons. The number of carbonyl (C=O) groups is 2. The Hall–Kier alpha value is -2.26. The summed E-state index contributed by atoms with van der Waals surface area (Å²) in [4.78, 5) is 31.9. The number of nitrogens with zero attached hydrogens (tertiary/aromatic N) is 5. The number of amides is 2. The quantitative estimate of drug-likeness (QED) is 0.232. The number of pyridine rings is 1. The molecule has 0 aliphatic carbocycles. The molecule has 0 radical (unpaired) electrons. The number of hydrogen-bond acceptors (Lipinski definition) is 6. The van der Waals surface area contributed by atoms with E-state index < -0.39 is 6.09 Å². The minimum absolute atomic E-state index is 0.0589. The van der Waals surface area contributed by atoms with Crippen LogP contribution in [0.4, 0.5) is 10.5 Å². The number of azide groups is 1. The molecule has 2 N–H and O–H groups in total. The van der Waals surface area contributed by atoms with Gasteiger partial charge in [-0.1, -0.05) is 28.3 Å². The van der Waals surface area contributed by atoms with Gasteiger partial charge in [0.15, 0.2) is 5.15 Å². The monoisotopic (exact) mass is 415 g/mol. The largest absolute Gasteiger partial charge is 0.449 e. The Kier molecular flexibility index (Phi) is 8.41. The lowest BCUT2D eigenvalue weighted by Gasteiger charge is -2.31. The highest BCUT2D eigenvalue weighted by Gasteiger charge is 2.23. The minimum atomic E-state index is -0.427. The summed E-state index contributed by atoms with van der Waals surface area (Å²) < 4.78 is 5.01. The fraction of sp³-hybridized carbons (Fsp3) is 0.533. The van der Waals surface area contributed by atoms with Gasteiger partial charge >= 0.3 is 6.09 Å². The van der Waals surface area contributed by atoms with Crippen molar-refractivity contribution in [2.24, 2.45) is 5.11 Å². The molecule has 2 amide bonds. The van der Waals surface area contributed by atoms with E-state index in [0.29, 0.717) is 31.6 Å². The van der Waals surface area contributed by atoms with Crippen LogP contribution in [-0.2, 0) is 9.53 Å². The van der Waals surface area contributed by atoms with Gasteiger partial charge in [-0.15, -0.1) is 0 Å². The number of piperidine rings is 1. The predicted octanol–water partition coefficient (Wildman–Crippen LogP) is 2.83. The van der Waals surface area contributed by atoms with E-state index in [9.17, 15) is 9.59 Å². The van der Waals surface area contributed by atoms with Crippen LogP contribution in [-0.4, -0.2) is 60.7 Å². The second kappa shape index (κ2) is 10.8. The third-order valence-electron chi connectivity index (χ3n) is 3.87. The summed E-state index contributed by atoms with van der Waals surface area (Å²) >= 11 is 11.6. The van der Waals surface area contributed by atoms with Gasteiger partial charge in [0.05, 0.1) is 25.4 Å². The molecule has 1 fully saturated rings. The Morgan fingerprint density at radius 3 is 2.78 bits per heavy atom. The molecule has 0 unspecified atom stereocenters. The molecule has 0 spiro atoms. The van der Waals surface area contributed by atoms with Crippen LogP contribution in [0.2, 0.25) is 10.3 Å². The second-order valence-corrected chi connectivity index (χ2v) is 6.48. The fourth-order valence-corrected chi connectivity index (χ4v) is 2.90. The van der Waals surface area contributed by atoms with E-state index in [1.807, 2.05) is 0 Å². The molecule has 1 aliphatic rings. The number of carbonyl (C=O) groups excluding carboxylic acids is 2. The van der Waals surface area contributed by atoms with Crippen molar-refractivity contribution in [3.05, 3.63) is 32.9 Å². The van der Waals surface area contributed by atoms with E-state index in [-0.39, 0.29) is 42.0 Å². The Morgan fingerprint density at radius 2 is 2.11 bits per heavy atom. The first-order valence-electron chi connectivity index (χ1n) is 8.27. The van der Waals surface area contributed by atoms with Crippen molar-refractivity contribution >= 4 is 40.9 Å². The lowest BCUT2D eigenvalue weighted by Crippen LogP contribution is -2.46. The zero-order valence-corrected chi connectivity index (χ0v) is 15.9. The van der Waals surface area contributed by atoms with Crippen molar-refractivity contribution < 1.29 is 14.3 Å². The van der Waals surface area contributed by atoms with Crippen molar-refractivity contribution in [3.63, 3.8) is 0 Å². The van der Waals surface area contributed by atoms with Gasteiger partial charge in [-0.2, -0.15) is 0 Å². The number of ether oxygens (including phenoxy) is 1. The highest BCUT2D eigenvalue weighted by atomic mass is 35.5. The molecule has 10 nitrogen and oxygen atoms in total. The van der Waals surface area contributed by atoms with E-state index in [4.69, 9.17) is 33.5 Å². The van der Waals surface area contributed by atoms with Gasteiger partial charge in [0.25, 0.3) is 0 Å². The van der Waals surface area contributed by atoms with Crippen LogP contribution >= 0.6 is 23.2 Å². The van der Waals surface area contributed by atoms with E-state index in [1.54, 1.807) is 11.0 Å². The van der Waals surface area contributed by atoms with Gasteiger partial charge in [-0.3, -0.25) is 4.79 Å². The summed E-state index contributed by atoms with van der Waals surface area (Å²) in [6.07, 6.45) is 0.966. The number of halogens is 2. The van der Waals surface area contributed by atoms with Gasteiger partial charge in [-0.25, -0.2) is 9.78 Å². The SMILES string of the molecule is [N-]=[N+]=NCCOC(=O)N1CCC(NCC(=O)Nc2ccc(Cl)nc2Cl)CC1. The fourth-order valence-electron chi connectivity index (χ4n) is 2.51. The zero-order valence-electron chi connectivity index (χ0n) is 14.4. The minimum Gasteiger partial charge on any atom is -0.449 e. The third kappa shape index (κ3) is 7.10. The van der Waals surface area contributed by atoms with Crippen molar-refractivity contribution in [2.75, 3.05) is 38.1 Å². The average molecular weight is 416 g/mol. The Morgan fingerprint density at radius 1 is 1.37 bits per heavy atom. The standard InChI is InChI=1S/C15H19Cl2N7O3/c16-12-2-1-11(14(17)22-12)21-13(25)9-19-10-3-6-24(7-4-10)15(26)27-8-5-20-23-18/h1-2,10,19H,3-9H2,(H,21,25). The number of rotatable bonds is 7. The molecule has 0 aromatic carbocycles. The molecular formula is C15H19Cl2N7O3. The molecular weight excluding hydrogens is 397 g/mol. The maximum atomic E-state index is 12.0. The number of hydrogen-bond donors (Lipinski definition) is 2. The molecule has 27 heavy (non-hydrogen) atoms. The van der Waals surface area contributed by atoms with Crippen LogP contribution in [0.3, 0.4) is 0 Å². The topological polar surface area (TPSA) is 132 Å². The molecule has 1 aliphatic heterocycles. The first-order valence-corrected chi connectivity index (χ1v) is 9.03. The van der Waals surface area contributed by atoms with Crippen molar-refractivity contribution in [1.82, 2.24) is 15.2 Å². The highest BCUT2D eigenvalue weighted by molar-refractivity contribution is 6.34. The summed E-state index contributed by atoms with van der Waals surface area (Å²) in [5, 5.41) is 9.50. The molecule has 0 saturated carbocycles. The number of nitrogens with one attached hydrogen (secondary N) is 2. The van der Waals surface area contributed by atoms with Crippen molar-refractivity contribution in [3.8, 4) is 0 Å². The summed E-state index contributed by atoms with van der Waals surface area (Å²) in [7, 11) is 0. The van der Waals surface area contributed by atoms with Crippen molar-refractivity contribution in [2.45, 2.75) is 18.9 Å². The van der Waals surface area contributed by atoms with Gasteiger partial charge in [0.2, 0.25) is 5.91 Å². The summed E-state index contributed by atoms with van der Waals surface area (Å²) in [6, 6.07) is 3.24. The molecule has 1 saturated heterocycles. The normalized spacial score (nSPS) is 14.4. The van der Waals surface area contributed by atoms with E-state index in [0.717, 1.165) is 0 Å². The molecule has 12 heteroatoms. The smallest absolute Gasteiger partial charge is 0.409 e. The zero-order chi connectivity index (χ0) is 19.6. The molecule has 2 rings (SSSR count). The van der Waals surface area contributed by atoms with Crippen LogP contribution in [0.1, 0.15) is 12.8 Å². The van der Waals surface area contributed by atoms with Gasteiger partial charge in [-0.05, 0) is 30.5 Å². The second-order valence-electron chi connectivity index (χ2n) is 5.73. The Labute approximate surface area is 165 Å². The van der Waals surface area contributed by atoms with Crippen LogP contribution in [0.5, 0.6) is 0 Å². The van der Waals surface area contributed by atoms with Crippen LogP contribution in [0.15, 0.2) is 17.2 Å². The first kappa shape index (κ1) is 21.0. The van der Waals surface area contributed by atoms with E-state index >= 15 is 0 Å². The lowest BCUT2D eigenvalue weighted by molar-refractivity contribution is -0.115.